The largest absolute Gasteiger partial charge is 0.326 e. The fraction of sp³-hybridized carbons (Fsp3) is 0.417. The first-order valence-electron chi connectivity index (χ1n) is 5.30. The molecule has 0 aliphatic heterocycles. The Kier molecular flexibility index (Phi) is 4.84. The van der Waals surface area contributed by atoms with Gasteiger partial charge in [-0.05, 0) is 25.1 Å². The fourth-order valence-corrected chi connectivity index (χ4v) is 1.43. The van der Waals surface area contributed by atoms with Gasteiger partial charge in [-0.15, -0.1) is 0 Å². The van der Waals surface area contributed by atoms with Gasteiger partial charge in [-0.25, -0.2) is 0 Å². The first-order valence-corrected chi connectivity index (χ1v) is 5.30. The number of anilines is 1. The molecule has 0 aliphatic rings. The highest BCUT2D eigenvalue weighted by Crippen LogP contribution is 2.14. The predicted octanol–water partition coefficient (Wildman–Crippen LogP) is 2.14. The highest BCUT2D eigenvalue weighted by Gasteiger charge is 2.04. The van der Waals surface area contributed by atoms with Crippen LogP contribution >= 0.6 is 0 Å². The van der Waals surface area contributed by atoms with E-state index in [1.807, 2.05) is 38.2 Å². The lowest BCUT2D eigenvalue weighted by Gasteiger charge is -2.10. The molecule has 0 spiro atoms. The van der Waals surface area contributed by atoms with Crippen LogP contribution in [-0.2, 0) is 11.3 Å². The van der Waals surface area contributed by atoms with E-state index >= 15 is 0 Å². The van der Waals surface area contributed by atoms with Gasteiger partial charge >= 0.3 is 0 Å². The van der Waals surface area contributed by atoms with Crippen molar-refractivity contribution in [3.63, 3.8) is 0 Å². The molecule has 1 rings (SSSR count). The molecule has 0 aromatic heterocycles. The van der Waals surface area contributed by atoms with Gasteiger partial charge in [0.05, 0.1) is 0 Å². The number of hydrogen-bond acceptors (Lipinski definition) is 2. The third-order valence-corrected chi connectivity index (χ3v) is 2.14. The number of hydrogen-bond donors (Lipinski definition) is 2. The summed E-state index contributed by atoms with van der Waals surface area (Å²) in [5.41, 5.74) is 2.02. The first kappa shape index (κ1) is 11.7. The van der Waals surface area contributed by atoms with Crippen LogP contribution in [-0.4, -0.2) is 13.0 Å². The second kappa shape index (κ2) is 6.19. The van der Waals surface area contributed by atoms with Crippen molar-refractivity contribution in [1.29, 1.82) is 0 Å². The second-order valence-electron chi connectivity index (χ2n) is 3.49. The van der Waals surface area contributed by atoms with E-state index in [-0.39, 0.29) is 5.91 Å². The van der Waals surface area contributed by atoms with Crippen molar-refractivity contribution in [3.8, 4) is 0 Å². The summed E-state index contributed by atoms with van der Waals surface area (Å²) in [6, 6.07) is 7.85. The fourth-order valence-electron chi connectivity index (χ4n) is 1.43. The molecule has 1 amide bonds. The monoisotopic (exact) mass is 206 g/mol. The summed E-state index contributed by atoms with van der Waals surface area (Å²) in [5, 5.41) is 6.00. The van der Waals surface area contributed by atoms with Crippen molar-refractivity contribution in [1.82, 2.24) is 5.32 Å². The van der Waals surface area contributed by atoms with Crippen LogP contribution in [0, 0.1) is 0 Å². The Morgan fingerprint density at radius 2 is 2.07 bits per heavy atom. The number of benzene rings is 1. The standard InChI is InChI=1S/C12H18N2O/c1-3-6-12(15)14-11-8-5-4-7-10(11)9-13-2/h4-5,7-8,13H,3,6,9H2,1-2H3,(H,14,15). The average molecular weight is 206 g/mol. The molecule has 2 N–H and O–H groups in total. The zero-order valence-electron chi connectivity index (χ0n) is 9.34. The van der Waals surface area contributed by atoms with Gasteiger partial charge in [0.25, 0.3) is 0 Å². The number of para-hydroxylation sites is 1. The number of rotatable bonds is 5. The molecule has 0 radical (unpaired) electrons. The highest BCUT2D eigenvalue weighted by molar-refractivity contribution is 5.91. The third-order valence-electron chi connectivity index (χ3n) is 2.14. The number of carbonyl (C=O) groups excluding carboxylic acids is 1. The van der Waals surface area contributed by atoms with Crippen molar-refractivity contribution in [3.05, 3.63) is 29.8 Å². The van der Waals surface area contributed by atoms with E-state index < -0.39 is 0 Å². The van der Waals surface area contributed by atoms with Crippen LogP contribution in [0.5, 0.6) is 0 Å². The molecule has 82 valence electrons. The summed E-state index contributed by atoms with van der Waals surface area (Å²) >= 11 is 0. The number of nitrogens with one attached hydrogen (secondary N) is 2. The molecule has 0 atom stereocenters. The molecule has 0 bridgehead atoms. The Morgan fingerprint density at radius 1 is 1.33 bits per heavy atom. The third kappa shape index (κ3) is 3.72. The van der Waals surface area contributed by atoms with Gasteiger partial charge in [-0.2, -0.15) is 0 Å². The van der Waals surface area contributed by atoms with Gasteiger partial charge in [-0.3, -0.25) is 4.79 Å². The quantitative estimate of drug-likeness (QED) is 0.775. The minimum atomic E-state index is 0.0843. The normalized spacial score (nSPS) is 10.0. The number of carbonyl (C=O) groups is 1. The lowest BCUT2D eigenvalue weighted by atomic mass is 10.1. The SMILES string of the molecule is CCCC(=O)Nc1ccccc1CNC. The molecule has 3 heteroatoms. The van der Waals surface area contributed by atoms with Gasteiger partial charge in [0.2, 0.25) is 5.91 Å². The molecule has 0 heterocycles. The minimum absolute atomic E-state index is 0.0843. The maximum Gasteiger partial charge on any atom is 0.224 e. The zero-order valence-corrected chi connectivity index (χ0v) is 9.34. The van der Waals surface area contributed by atoms with E-state index in [2.05, 4.69) is 10.6 Å². The molecule has 1 aromatic rings. The molecule has 0 unspecified atom stereocenters. The summed E-state index contributed by atoms with van der Waals surface area (Å²) in [4.78, 5) is 11.4. The van der Waals surface area contributed by atoms with Crippen LogP contribution in [0.25, 0.3) is 0 Å². The molecule has 0 saturated heterocycles. The van der Waals surface area contributed by atoms with Crippen molar-refractivity contribution < 1.29 is 4.79 Å². The van der Waals surface area contributed by atoms with Crippen molar-refractivity contribution in [2.45, 2.75) is 26.3 Å². The van der Waals surface area contributed by atoms with Crippen molar-refractivity contribution in [2.24, 2.45) is 0 Å². The van der Waals surface area contributed by atoms with E-state index in [4.69, 9.17) is 0 Å². The topological polar surface area (TPSA) is 41.1 Å². The Labute approximate surface area is 90.9 Å². The summed E-state index contributed by atoms with van der Waals surface area (Å²) in [7, 11) is 1.89. The van der Waals surface area contributed by atoms with Crippen molar-refractivity contribution in [2.75, 3.05) is 12.4 Å². The van der Waals surface area contributed by atoms with Gasteiger partial charge in [0, 0.05) is 18.7 Å². The first-order chi connectivity index (χ1) is 7.27. The maximum atomic E-state index is 11.4. The molecule has 3 nitrogen and oxygen atoms in total. The summed E-state index contributed by atoms with van der Waals surface area (Å²) in [6.45, 7) is 2.77. The summed E-state index contributed by atoms with van der Waals surface area (Å²) in [6.07, 6.45) is 1.45. The molecule has 15 heavy (non-hydrogen) atoms. The minimum Gasteiger partial charge on any atom is -0.326 e. The van der Waals surface area contributed by atoms with E-state index in [1.165, 1.54) is 0 Å². The van der Waals surface area contributed by atoms with E-state index in [0.29, 0.717) is 6.42 Å². The zero-order chi connectivity index (χ0) is 11.1. The summed E-state index contributed by atoms with van der Waals surface area (Å²) < 4.78 is 0. The molecular weight excluding hydrogens is 188 g/mol. The molecule has 0 saturated carbocycles. The summed E-state index contributed by atoms with van der Waals surface area (Å²) in [5.74, 6) is 0.0843. The van der Waals surface area contributed by atoms with E-state index in [1.54, 1.807) is 0 Å². The van der Waals surface area contributed by atoms with Crippen LogP contribution < -0.4 is 10.6 Å². The second-order valence-corrected chi connectivity index (χ2v) is 3.49. The molecular formula is C12H18N2O. The van der Waals surface area contributed by atoms with Crippen LogP contribution in [0.3, 0.4) is 0 Å². The van der Waals surface area contributed by atoms with Gasteiger partial charge in [-0.1, -0.05) is 25.1 Å². The Bertz CT molecular complexity index is 323. The van der Waals surface area contributed by atoms with E-state index in [0.717, 1.165) is 24.2 Å². The maximum absolute atomic E-state index is 11.4. The van der Waals surface area contributed by atoms with Gasteiger partial charge in [0.1, 0.15) is 0 Å². The number of amides is 1. The Hall–Kier alpha value is -1.35. The van der Waals surface area contributed by atoms with Crippen LogP contribution in [0.2, 0.25) is 0 Å². The van der Waals surface area contributed by atoms with Gasteiger partial charge in [0.15, 0.2) is 0 Å². The smallest absolute Gasteiger partial charge is 0.224 e. The Balaban J connectivity index is 2.70. The predicted molar refractivity (Wildman–Crippen MR) is 62.7 cm³/mol. The van der Waals surface area contributed by atoms with Crippen LogP contribution in [0.1, 0.15) is 25.3 Å². The van der Waals surface area contributed by atoms with Gasteiger partial charge < -0.3 is 10.6 Å². The average Bonchev–Trinajstić information content (AvgIpc) is 2.21. The highest BCUT2D eigenvalue weighted by atomic mass is 16.1. The van der Waals surface area contributed by atoms with Crippen LogP contribution in [0.4, 0.5) is 5.69 Å². The lowest BCUT2D eigenvalue weighted by Crippen LogP contribution is -2.14. The van der Waals surface area contributed by atoms with Crippen LogP contribution in [0.15, 0.2) is 24.3 Å². The Morgan fingerprint density at radius 3 is 2.73 bits per heavy atom. The molecule has 0 fully saturated rings. The van der Waals surface area contributed by atoms with Crippen molar-refractivity contribution >= 4 is 11.6 Å². The lowest BCUT2D eigenvalue weighted by molar-refractivity contribution is -0.116. The molecule has 0 aliphatic carbocycles. The van der Waals surface area contributed by atoms with E-state index in [9.17, 15) is 4.79 Å². The molecule has 1 aromatic carbocycles.